The van der Waals surface area contributed by atoms with Gasteiger partial charge in [0.1, 0.15) is 23.6 Å². The fourth-order valence-corrected chi connectivity index (χ4v) is 3.60. The number of nitrogens with two attached hydrogens (primary N) is 4. The van der Waals surface area contributed by atoms with Crippen LogP contribution >= 0.6 is 0 Å². The van der Waals surface area contributed by atoms with Crippen LogP contribution in [0, 0.1) is 0 Å². The van der Waals surface area contributed by atoms with Crippen molar-refractivity contribution in [3.8, 4) is 11.5 Å². The molecule has 10 heteroatoms. The van der Waals surface area contributed by atoms with E-state index in [4.69, 9.17) is 32.4 Å². The van der Waals surface area contributed by atoms with Crippen LogP contribution in [-0.2, 0) is 19.2 Å². The van der Waals surface area contributed by atoms with Gasteiger partial charge >= 0.3 is 11.9 Å². The molecule has 0 amide bonds. The quantitative estimate of drug-likeness (QED) is 0.0688. The molecule has 10 nitrogen and oxygen atoms in total. The SMILES string of the molecule is NCCCCC(N)C(=O)Oc1ccc(/C=C/C(=O)CC(=O)/C=C/c2ccc(OC(=O)C(N)CCCCN)cc2)cc1. The lowest BCUT2D eigenvalue weighted by molar-refractivity contribution is -0.136. The third-order valence-corrected chi connectivity index (χ3v) is 6.01. The molecular formula is C31H40N4O6. The van der Waals surface area contributed by atoms with Gasteiger partial charge in [-0.25, -0.2) is 9.59 Å². The molecule has 0 aliphatic heterocycles. The van der Waals surface area contributed by atoms with Crippen LogP contribution < -0.4 is 32.4 Å². The van der Waals surface area contributed by atoms with Gasteiger partial charge in [0.25, 0.3) is 0 Å². The van der Waals surface area contributed by atoms with Gasteiger partial charge in [0.05, 0.1) is 6.42 Å². The Labute approximate surface area is 240 Å². The van der Waals surface area contributed by atoms with Gasteiger partial charge in [-0.3, -0.25) is 9.59 Å². The highest BCUT2D eigenvalue weighted by molar-refractivity contribution is 6.10. The van der Waals surface area contributed by atoms with Gasteiger partial charge < -0.3 is 32.4 Å². The highest BCUT2D eigenvalue weighted by Gasteiger charge is 2.16. The van der Waals surface area contributed by atoms with Crippen LogP contribution in [0.5, 0.6) is 11.5 Å². The van der Waals surface area contributed by atoms with Gasteiger partial charge in [0.15, 0.2) is 11.6 Å². The number of carbonyl (C=O) groups excluding carboxylic acids is 4. The van der Waals surface area contributed by atoms with E-state index in [9.17, 15) is 19.2 Å². The Balaban J connectivity index is 1.78. The number of unbranched alkanes of at least 4 members (excludes halogenated alkanes) is 2. The highest BCUT2D eigenvalue weighted by Crippen LogP contribution is 2.16. The van der Waals surface area contributed by atoms with E-state index in [1.807, 2.05) is 0 Å². The Kier molecular flexibility index (Phi) is 14.9. The minimum atomic E-state index is -0.712. The molecule has 0 aliphatic rings. The number of rotatable bonds is 18. The number of hydrogen-bond acceptors (Lipinski definition) is 10. The third-order valence-electron chi connectivity index (χ3n) is 6.01. The molecule has 2 rings (SSSR count). The van der Waals surface area contributed by atoms with Crippen LogP contribution in [-0.4, -0.2) is 48.7 Å². The van der Waals surface area contributed by atoms with Crippen molar-refractivity contribution in [1.82, 2.24) is 0 Å². The van der Waals surface area contributed by atoms with E-state index >= 15 is 0 Å². The van der Waals surface area contributed by atoms with E-state index in [0.29, 0.717) is 48.6 Å². The molecule has 2 atom stereocenters. The number of ether oxygens (including phenoxy) is 2. The molecule has 0 saturated heterocycles. The Morgan fingerprint density at radius 3 is 1.32 bits per heavy atom. The predicted molar refractivity (Wildman–Crippen MR) is 159 cm³/mol. The minimum Gasteiger partial charge on any atom is -0.425 e. The third kappa shape index (κ3) is 13.3. The Morgan fingerprint density at radius 1 is 0.610 bits per heavy atom. The summed E-state index contributed by atoms with van der Waals surface area (Å²) < 4.78 is 10.6. The van der Waals surface area contributed by atoms with Gasteiger partial charge in [0.2, 0.25) is 0 Å². The van der Waals surface area contributed by atoms with E-state index < -0.39 is 24.0 Å². The maximum atomic E-state index is 12.2. The fraction of sp³-hybridized carbons (Fsp3) is 0.355. The smallest absolute Gasteiger partial charge is 0.328 e. The summed E-state index contributed by atoms with van der Waals surface area (Å²) in [6, 6.07) is 11.7. The summed E-state index contributed by atoms with van der Waals surface area (Å²) in [5.74, 6) is -1.04. The molecule has 0 saturated carbocycles. The number of esters is 2. The lowest BCUT2D eigenvalue weighted by atomic mass is 10.1. The van der Waals surface area contributed by atoms with Crippen LogP contribution in [0.4, 0.5) is 0 Å². The Hall–Kier alpha value is -3.96. The summed E-state index contributed by atoms with van der Waals surface area (Å²) in [7, 11) is 0. The average molecular weight is 565 g/mol. The maximum Gasteiger partial charge on any atom is 0.328 e. The average Bonchev–Trinajstić information content (AvgIpc) is 2.96. The molecule has 2 aromatic carbocycles. The van der Waals surface area contributed by atoms with Crippen LogP contribution in [0.3, 0.4) is 0 Å². The molecular weight excluding hydrogens is 524 g/mol. The van der Waals surface area contributed by atoms with E-state index in [0.717, 1.165) is 25.7 Å². The lowest BCUT2D eigenvalue weighted by Gasteiger charge is -2.11. The Morgan fingerprint density at radius 2 is 0.976 bits per heavy atom. The lowest BCUT2D eigenvalue weighted by Crippen LogP contribution is -2.34. The van der Waals surface area contributed by atoms with Gasteiger partial charge in [-0.1, -0.05) is 49.3 Å². The zero-order valence-corrected chi connectivity index (χ0v) is 23.2. The summed E-state index contributed by atoms with van der Waals surface area (Å²) in [6.07, 6.45) is 9.61. The molecule has 2 unspecified atom stereocenters. The van der Waals surface area contributed by atoms with Gasteiger partial charge in [-0.15, -0.1) is 0 Å². The summed E-state index contributed by atoms with van der Waals surface area (Å²) >= 11 is 0. The van der Waals surface area contributed by atoms with E-state index in [1.54, 1.807) is 60.7 Å². The van der Waals surface area contributed by atoms with Crippen molar-refractivity contribution in [3.05, 3.63) is 71.8 Å². The van der Waals surface area contributed by atoms with Crippen molar-refractivity contribution < 1.29 is 28.7 Å². The number of allylic oxidation sites excluding steroid dienone is 2. The van der Waals surface area contributed by atoms with Crippen molar-refractivity contribution >= 4 is 35.7 Å². The van der Waals surface area contributed by atoms with Crippen LogP contribution in [0.1, 0.15) is 56.1 Å². The van der Waals surface area contributed by atoms with Crippen molar-refractivity contribution in [2.24, 2.45) is 22.9 Å². The molecule has 41 heavy (non-hydrogen) atoms. The second-order valence-corrected chi connectivity index (χ2v) is 9.54. The molecule has 0 bridgehead atoms. The number of carbonyl (C=O) groups is 4. The molecule has 0 heterocycles. The first kappa shape index (κ1) is 33.2. The van der Waals surface area contributed by atoms with E-state index in [1.165, 1.54) is 12.2 Å². The second-order valence-electron chi connectivity index (χ2n) is 9.54. The zero-order chi connectivity index (χ0) is 30.0. The molecule has 0 spiro atoms. The number of ketones is 2. The summed E-state index contributed by atoms with van der Waals surface area (Å²) in [6.45, 7) is 1.10. The first-order valence-electron chi connectivity index (χ1n) is 13.7. The summed E-state index contributed by atoms with van der Waals surface area (Å²) in [5, 5.41) is 0. The van der Waals surface area contributed by atoms with Gasteiger partial charge in [-0.2, -0.15) is 0 Å². The van der Waals surface area contributed by atoms with Crippen LogP contribution in [0.25, 0.3) is 12.2 Å². The minimum absolute atomic E-state index is 0.289. The van der Waals surface area contributed by atoms with Crippen molar-refractivity contribution in [2.45, 2.75) is 57.0 Å². The molecule has 0 radical (unpaired) electrons. The van der Waals surface area contributed by atoms with Crippen molar-refractivity contribution in [2.75, 3.05) is 13.1 Å². The molecule has 220 valence electrons. The monoisotopic (exact) mass is 564 g/mol. The van der Waals surface area contributed by atoms with Gasteiger partial charge in [0, 0.05) is 0 Å². The van der Waals surface area contributed by atoms with Crippen molar-refractivity contribution in [3.63, 3.8) is 0 Å². The van der Waals surface area contributed by atoms with Crippen molar-refractivity contribution in [1.29, 1.82) is 0 Å². The maximum absolute atomic E-state index is 12.2. The largest absolute Gasteiger partial charge is 0.425 e. The first-order valence-corrected chi connectivity index (χ1v) is 13.7. The predicted octanol–water partition coefficient (Wildman–Crippen LogP) is 2.66. The van der Waals surface area contributed by atoms with E-state index in [-0.39, 0.29) is 18.0 Å². The van der Waals surface area contributed by atoms with E-state index in [2.05, 4.69) is 0 Å². The van der Waals surface area contributed by atoms with Crippen LogP contribution in [0.2, 0.25) is 0 Å². The zero-order valence-electron chi connectivity index (χ0n) is 23.2. The number of benzene rings is 2. The Bertz CT molecular complexity index is 1100. The topological polar surface area (TPSA) is 191 Å². The normalized spacial score (nSPS) is 12.8. The molecule has 2 aromatic rings. The standard InChI is InChI=1S/C31H40N4O6/c32-19-3-1-5-28(34)30(38)40-26-15-9-22(10-16-26)7-13-24(36)21-25(37)14-8-23-11-17-27(18-12-23)41-31(39)29(35)6-2-4-20-33/h7-18,28-29H,1-6,19-21,32-35H2/b13-7+,14-8+. The first-order chi connectivity index (χ1) is 19.7. The van der Waals surface area contributed by atoms with Crippen LogP contribution in [0.15, 0.2) is 60.7 Å². The number of hydrogen-bond donors (Lipinski definition) is 4. The second kappa shape index (κ2) is 18.4. The molecule has 0 aromatic heterocycles. The highest BCUT2D eigenvalue weighted by atomic mass is 16.5. The molecule has 0 fully saturated rings. The van der Waals surface area contributed by atoms with Gasteiger partial charge in [-0.05, 0) is 86.3 Å². The summed E-state index contributed by atoms with van der Waals surface area (Å²) in [4.78, 5) is 48.6. The molecule has 8 N–H and O–H groups in total. The fourth-order valence-electron chi connectivity index (χ4n) is 3.60. The molecule has 0 aliphatic carbocycles. The summed E-state index contributed by atoms with van der Waals surface area (Å²) in [5.41, 5.74) is 24.0.